The molecule has 0 unspecified atom stereocenters. The Balaban J connectivity index is 1.46. The number of carboxylic acid groups (broad SMARTS) is 1. The average molecular weight is 480 g/mol. The molecule has 1 amide bonds. The highest BCUT2D eigenvalue weighted by molar-refractivity contribution is 6.02. The molecule has 2 fully saturated rings. The molecule has 36 heavy (non-hydrogen) atoms. The van der Waals surface area contributed by atoms with Crippen LogP contribution in [0.25, 0.3) is 38.9 Å². The van der Waals surface area contributed by atoms with E-state index in [1.165, 1.54) is 0 Å². The smallest absolute Gasteiger partial charge is 0.407 e. The first-order chi connectivity index (χ1) is 17.6. The maximum Gasteiger partial charge on any atom is 0.407 e. The molecule has 6 heterocycles. The van der Waals surface area contributed by atoms with Crippen LogP contribution >= 0.6 is 0 Å². The molecule has 2 aliphatic heterocycles. The number of benzene rings is 1. The average Bonchev–Trinajstić information content (AvgIpc) is 3.58. The summed E-state index contributed by atoms with van der Waals surface area (Å²) in [5, 5.41) is 23.3. The van der Waals surface area contributed by atoms with E-state index >= 15 is 0 Å². The molecule has 3 atom stereocenters. The van der Waals surface area contributed by atoms with E-state index in [1.807, 2.05) is 41.2 Å². The van der Waals surface area contributed by atoms with Crippen LogP contribution in [0, 0.1) is 6.92 Å². The summed E-state index contributed by atoms with van der Waals surface area (Å²) in [6.45, 7) is 2.08. The van der Waals surface area contributed by atoms with Crippen molar-refractivity contribution < 1.29 is 9.90 Å². The van der Waals surface area contributed by atoms with Gasteiger partial charge in [0.05, 0.1) is 23.0 Å². The van der Waals surface area contributed by atoms with Crippen molar-refractivity contribution in [3.05, 3.63) is 66.4 Å². The van der Waals surface area contributed by atoms with E-state index in [1.54, 1.807) is 17.3 Å². The molecular formula is C27H25N7O2. The van der Waals surface area contributed by atoms with Crippen molar-refractivity contribution in [3.8, 4) is 22.4 Å². The zero-order valence-corrected chi connectivity index (χ0v) is 19.8. The van der Waals surface area contributed by atoms with Gasteiger partial charge in [0.1, 0.15) is 5.69 Å². The number of aromatic nitrogens is 6. The third kappa shape index (κ3) is 3.05. The third-order valence-electron chi connectivity index (χ3n) is 7.92. The molecule has 2 aliphatic rings. The molecule has 0 aliphatic carbocycles. The van der Waals surface area contributed by atoms with E-state index in [0.29, 0.717) is 0 Å². The van der Waals surface area contributed by atoms with E-state index in [0.717, 1.165) is 75.9 Å². The lowest BCUT2D eigenvalue weighted by atomic mass is 9.86. The van der Waals surface area contributed by atoms with Gasteiger partial charge in [-0.1, -0.05) is 12.1 Å². The van der Waals surface area contributed by atoms with Crippen molar-refractivity contribution in [1.82, 2.24) is 34.7 Å². The minimum absolute atomic E-state index is 0.0586. The summed E-state index contributed by atoms with van der Waals surface area (Å²) >= 11 is 0. The predicted octanol–water partition coefficient (Wildman–Crippen LogP) is 5.03. The van der Waals surface area contributed by atoms with Crippen LogP contribution in [-0.4, -0.2) is 58.0 Å². The highest BCUT2D eigenvalue weighted by atomic mass is 16.4. The first-order valence-electron chi connectivity index (χ1n) is 12.3. The Bertz CT molecular complexity index is 1610. The Morgan fingerprint density at radius 2 is 1.86 bits per heavy atom. The Hall–Kier alpha value is -4.27. The van der Waals surface area contributed by atoms with E-state index in [9.17, 15) is 9.90 Å². The number of nitrogens with one attached hydrogen (secondary N) is 1. The van der Waals surface area contributed by atoms with Crippen molar-refractivity contribution in [1.29, 1.82) is 0 Å². The van der Waals surface area contributed by atoms with Crippen LogP contribution < -0.4 is 0 Å². The number of nitrogens with zero attached hydrogens (tertiary/aromatic N) is 6. The first-order valence-corrected chi connectivity index (χ1v) is 12.3. The standard InChI is InChI=1S/C27H25N7O2/c1-15-13-29-26-23(20-3-2-4-22-21(20)14-30-31-22)24(16-7-9-28-10-8-16)32-34(26)25(15)17-11-18-5-6-19(12-17)33(18)27(35)36/h2-4,7-10,13-14,17-19H,5-6,11-12H2,1H3,(H,30,31)(H,35,36)/t17-,18+,19-. The molecule has 180 valence electrons. The predicted molar refractivity (Wildman–Crippen MR) is 135 cm³/mol. The summed E-state index contributed by atoms with van der Waals surface area (Å²) < 4.78 is 2.01. The molecule has 1 aromatic carbocycles. The molecule has 2 N–H and O–H groups in total. The molecule has 4 aromatic heterocycles. The first kappa shape index (κ1) is 21.0. The van der Waals surface area contributed by atoms with Crippen LogP contribution in [0.5, 0.6) is 0 Å². The maximum atomic E-state index is 11.9. The van der Waals surface area contributed by atoms with Gasteiger partial charge in [0.2, 0.25) is 0 Å². The van der Waals surface area contributed by atoms with Gasteiger partial charge in [-0.2, -0.15) is 10.2 Å². The summed E-state index contributed by atoms with van der Waals surface area (Å²) in [6, 6.07) is 10.2. The number of aromatic amines is 1. The Morgan fingerprint density at radius 3 is 2.61 bits per heavy atom. The monoisotopic (exact) mass is 479 g/mol. The number of hydrogen-bond acceptors (Lipinski definition) is 5. The molecule has 0 saturated carbocycles. The summed E-state index contributed by atoms with van der Waals surface area (Å²) in [7, 11) is 0. The van der Waals surface area contributed by atoms with Gasteiger partial charge < -0.3 is 10.0 Å². The van der Waals surface area contributed by atoms with Gasteiger partial charge in [0.15, 0.2) is 5.65 Å². The summed E-state index contributed by atoms with van der Waals surface area (Å²) in [4.78, 5) is 22.6. The van der Waals surface area contributed by atoms with Gasteiger partial charge in [-0.05, 0) is 61.9 Å². The summed E-state index contributed by atoms with van der Waals surface area (Å²) in [6.07, 6.45) is 10.0. The highest BCUT2D eigenvalue weighted by Gasteiger charge is 2.44. The van der Waals surface area contributed by atoms with Crippen LogP contribution in [0.15, 0.2) is 55.1 Å². The summed E-state index contributed by atoms with van der Waals surface area (Å²) in [5.74, 6) is 0.214. The number of hydrogen-bond donors (Lipinski definition) is 2. The lowest BCUT2D eigenvalue weighted by Gasteiger charge is -2.37. The zero-order valence-electron chi connectivity index (χ0n) is 19.8. The molecule has 5 aromatic rings. The van der Waals surface area contributed by atoms with Gasteiger partial charge in [-0.15, -0.1) is 0 Å². The molecule has 2 bridgehead atoms. The number of amides is 1. The Morgan fingerprint density at radius 1 is 1.08 bits per heavy atom. The number of aryl methyl sites for hydroxylation is 1. The van der Waals surface area contributed by atoms with Crippen molar-refractivity contribution >= 4 is 22.6 Å². The Labute approximate surface area is 206 Å². The van der Waals surface area contributed by atoms with E-state index in [-0.39, 0.29) is 18.0 Å². The lowest BCUT2D eigenvalue weighted by Crippen LogP contribution is -2.45. The quantitative estimate of drug-likeness (QED) is 0.375. The minimum Gasteiger partial charge on any atom is -0.465 e. The zero-order chi connectivity index (χ0) is 24.4. The largest absolute Gasteiger partial charge is 0.465 e. The van der Waals surface area contributed by atoms with Crippen molar-refractivity contribution in [3.63, 3.8) is 0 Å². The van der Waals surface area contributed by atoms with E-state index < -0.39 is 6.09 Å². The fourth-order valence-corrected chi connectivity index (χ4v) is 6.44. The number of H-pyrrole nitrogens is 1. The topological polar surface area (TPSA) is 112 Å². The summed E-state index contributed by atoms with van der Waals surface area (Å²) in [5.41, 5.74) is 7.75. The molecule has 9 heteroatoms. The number of pyridine rings is 1. The van der Waals surface area contributed by atoms with Gasteiger partial charge in [-0.3, -0.25) is 10.1 Å². The van der Waals surface area contributed by atoms with Gasteiger partial charge in [0.25, 0.3) is 0 Å². The molecule has 2 saturated heterocycles. The second-order valence-corrected chi connectivity index (χ2v) is 9.90. The van der Waals surface area contributed by atoms with Gasteiger partial charge in [0, 0.05) is 47.5 Å². The molecular weight excluding hydrogens is 454 g/mol. The number of fused-ring (bicyclic) bond motifs is 4. The number of rotatable bonds is 3. The minimum atomic E-state index is -0.799. The fraction of sp³-hybridized carbons (Fsp3) is 0.296. The van der Waals surface area contributed by atoms with E-state index in [4.69, 9.17) is 10.1 Å². The van der Waals surface area contributed by atoms with Crippen LogP contribution in [0.4, 0.5) is 4.79 Å². The van der Waals surface area contributed by atoms with Crippen LogP contribution in [0.3, 0.4) is 0 Å². The Kier molecular flexibility index (Phi) is 4.60. The van der Waals surface area contributed by atoms with Crippen molar-refractivity contribution in [2.75, 3.05) is 0 Å². The van der Waals surface area contributed by atoms with E-state index in [2.05, 4.69) is 28.2 Å². The second-order valence-electron chi connectivity index (χ2n) is 9.90. The highest BCUT2D eigenvalue weighted by Crippen LogP contribution is 2.45. The molecule has 7 rings (SSSR count). The number of carbonyl (C=O) groups is 1. The maximum absolute atomic E-state index is 11.9. The molecule has 0 spiro atoms. The van der Waals surface area contributed by atoms with Crippen LogP contribution in [0.2, 0.25) is 0 Å². The van der Waals surface area contributed by atoms with Gasteiger partial charge in [-0.25, -0.2) is 14.3 Å². The lowest BCUT2D eigenvalue weighted by molar-refractivity contribution is 0.0957. The second kappa shape index (κ2) is 7.87. The van der Waals surface area contributed by atoms with Crippen LogP contribution in [0.1, 0.15) is 42.9 Å². The number of piperidine rings is 1. The SMILES string of the molecule is Cc1cnc2c(-c3cccc4[nH]ncc34)c(-c3ccncc3)nn2c1[C@H]1C[C@H]2CC[C@@H](C1)N2C(=O)O. The third-order valence-corrected chi connectivity index (χ3v) is 7.92. The normalized spacial score (nSPS) is 21.5. The van der Waals surface area contributed by atoms with Gasteiger partial charge >= 0.3 is 6.09 Å². The molecule has 9 nitrogen and oxygen atoms in total. The molecule has 0 radical (unpaired) electrons. The van der Waals surface area contributed by atoms with Crippen molar-refractivity contribution in [2.24, 2.45) is 0 Å². The van der Waals surface area contributed by atoms with Crippen LogP contribution in [-0.2, 0) is 0 Å². The van der Waals surface area contributed by atoms with Crippen molar-refractivity contribution in [2.45, 2.75) is 50.6 Å². The fourth-order valence-electron chi connectivity index (χ4n) is 6.44.